The molecule has 4 aromatic rings. The average Bonchev–Trinajstić information content (AvgIpc) is 3.33. The van der Waals surface area contributed by atoms with E-state index in [0.29, 0.717) is 32.8 Å². The molecule has 0 aliphatic heterocycles. The fraction of sp³-hybridized carbons (Fsp3) is 0.158. The Morgan fingerprint density at radius 3 is 2.90 bits per heavy atom. The summed E-state index contributed by atoms with van der Waals surface area (Å²) < 4.78 is 3.41. The van der Waals surface area contributed by atoms with E-state index >= 15 is 0 Å². The number of aromatic nitrogens is 3. The number of amides is 1. The van der Waals surface area contributed by atoms with Gasteiger partial charge in [0.2, 0.25) is 0 Å². The second kappa shape index (κ2) is 9.08. The van der Waals surface area contributed by atoms with Crippen molar-refractivity contribution in [1.82, 2.24) is 14.0 Å². The SMILES string of the molecule is O=C(CSCc1cc(=O)n2ccsc2n1)N=c1sccn1Cc1ccccc1Cl. The highest BCUT2D eigenvalue weighted by Gasteiger charge is 2.07. The standard InChI is InChI=1S/C19H15ClN4O2S3/c20-15-4-2-1-3-13(15)10-23-5-7-28-18(23)22-16(25)12-27-11-14-9-17(26)24-6-8-29-19(24)21-14/h1-9H,10-12H2. The first-order valence-electron chi connectivity index (χ1n) is 8.58. The third kappa shape index (κ3) is 4.87. The van der Waals surface area contributed by atoms with Gasteiger partial charge in [0, 0.05) is 40.0 Å². The van der Waals surface area contributed by atoms with Crippen LogP contribution in [0.2, 0.25) is 5.02 Å². The molecule has 0 N–H and O–H groups in total. The molecule has 148 valence electrons. The first kappa shape index (κ1) is 20.1. The van der Waals surface area contributed by atoms with Crippen molar-refractivity contribution in [2.24, 2.45) is 4.99 Å². The molecule has 0 saturated heterocycles. The van der Waals surface area contributed by atoms with Crippen LogP contribution in [0.15, 0.2) is 63.3 Å². The minimum Gasteiger partial charge on any atom is -0.319 e. The first-order valence-corrected chi connectivity index (χ1v) is 11.9. The lowest BCUT2D eigenvalue weighted by Crippen LogP contribution is -2.18. The lowest BCUT2D eigenvalue weighted by molar-refractivity contribution is -0.115. The molecule has 0 fully saturated rings. The topological polar surface area (TPSA) is 68.7 Å². The summed E-state index contributed by atoms with van der Waals surface area (Å²) in [7, 11) is 0. The molecule has 10 heteroatoms. The van der Waals surface area contributed by atoms with E-state index in [-0.39, 0.29) is 17.2 Å². The molecule has 0 saturated carbocycles. The van der Waals surface area contributed by atoms with Gasteiger partial charge in [0.25, 0.3) is 11.5 Å². The monoisotopic (exact) mass is 462 g/mol. The van der Waals surface area contributed by atoms with Gasteiger partial charge in [-0.15, -0.1) is 34.4 Å². The number of carbonyl (C=O) groups is 1. The van der Waals surface area contributed by atoms with Crippen LogP contribution in [0.25, 0.3) is 4.96 Å². The minimum atomic E-state index is -0.223. The molecule has 0 atom stereocenters. The van der Waals surface area contributed by atoms with Gasteiger partial charge >= 0.3 is 0 Å². The van der Waals surface area contributed by atoms with Crippen LogP contribution in [0.1, 0.15) is 11.3 Å². The second-order valence-electron chi connectivity index (χ2n) is 6.04. The van der Waals surface area contributed by atoms with Crippen molar-refractivity contribution in [3.8, 4) is 0 Å². The summed E-state index contributed by atoms with van der Waals surface area (Å²) in [6, 6.07) is 9.12. The first-order chi connectivity index (χ1) is 14.1. The number of hydrogen-bond donors (Lipinski definition) is 0. The number of nitrogens with zero attached hydrogens (tertiary/aromatic N) is 4. The Morgan fingerprint density at radius 1 is 1.21 bits per heavy atom. The molecule has 4 rings (SSSR count). The van der Waals surface area contributed by atoms with Gasteiger partial charge < -0.3 is 4.57 Å². The van der Waals surface area contributed by atoms with Crippen molar-refractivity contribution in [3.63, 3.8) is 0 Å². The Balaban J connectivity index is 1.40. The smallest absolute Gasteiger partial charge is 0.258 e. The molecule has 0 spiro atoms. The van der Waals surface area contributed by atoms with E-state index in [1.54, 1.807) is 6.20 Å². The van der Waals surface area contributed by atoms with Crippen LogP contribution >= 0.6 is 46.0 Å². The van der Waals surface area contributed by atoms with Gasteiger partial charge in [-0.3, -0.25) is 14.0 Å². The van der Waals surface area contributed by atoms with Gasteiger partial charge in [0.05, 0.1) is 18.0 Å². The van der Waals surface area contributed by atoms with Crippen LogP contribution in [0.3, 0.4) is 0 Å². The van der Waals surface area contributed by atoms with Gasteiger partial charge in [-0.25, -0.2) is 4.98 Å². The van der Waals surface area contributed by atoms with Crippen molar-refractivity contribution < 1.29 is 4.79 Å². The quantitative estimate of drug-likeness (QED) is 0.438. The molecule has 1 amide bonds. The molecular formula is C19H15ClN4O2S3. The molecular weight excluding hydrogens is 448 g/mol. The van der Waals surface area contributed by atoms with Crippen LogP contribution < -0.4 is 10.4 Å². The van der Waals surface area contributed by atoms with E-state index in [9.17, 15) is 9.59 Å². The van der Waals surface area contributed by atoms with E-state index < -0.39 is 0 Å². The number of fused-ring (bicyclic) bond motifs is 1. The van der Waals surface area contributed by atoms with Crippen molar-refractivity contribution in [1.29, 1.82) is 0 Å². The molecule has 0 unspecified atom stereocenters. The fourth-order valence-electron chi connectivity index (χ4n) is 2.66. The van der Waals surface area contributed by atoms with Gasteiger partial charge in [0.1, 0.15) is 0 Å². The Labute approximate surface area is 183 Å². The molecule has 0 bridgehead atoms. The maximum Gasteiger partial charge on any atom is 0.258 e. The number of halogens is 1. The summed E-state index contributed by atoms with van der Waals surface area (Å²) in [4.78, 5) is 34.3. The summed E-state index contributed by atoms with van der Waals surface area (Å²) in [6.45, 7) is 0.553. The lowest BCUT2D eigenvalue weighted by atomic mass is 10.2. The van der Waals surface area contributed by atoms with Crippen LogP contribution in [0.5, 0.6) is 0 Å². The van der Waals surface area contributed by atoms with E-state index in [4.69, 9.17) is 11.6 Å². The highest BCUT2D eigenvalue weighted by atomic mass is 35.5. The summed E-state index contributed by atoms with van der Waals surface area (Å²) >= 11 is 10.4. The number of benzene rings is 1. The Morgan fingerprint density at radius 2 is 2.03 bits per heavy atom. The summed E-state index contributed by atoms with van der Waals surface area (Å²) in [5.41, 5.74) is 1.53. The summed E-state index contributed by atoms with van der Waals surface area (Å²) in [5.74, 6) is 0.476. The molecule has 3 heterocycles. The molecule has 0 aliphatic rings. The Bertz CT molecular complexity index is 1290. The average molecular weight is 463 g/mol. The van der Waals surface area contributed by atoms with Crippen molar-refractivity contribution in [3.05, 3.63) is 84.9 Å². The minimum absolute atomic E-state index is 0.109. The Hall–Kier alpha value is -2.20. The van der Waals surface area contributed by atoms with Gasteiger partial charge in [-0.05, 0) is 11.6 Å². The van der Waals surface area contributed by atoms with Crippen LogP contribution in [0.4, 0.5) is 0 Å². The molecule has 3 aromatic heterocycles. The highest BCUT2D eigenvalue weighted by molar-refractivity contribution is 7.99. The lowest BCUT2D eigenvalue weighted by Gasteiger charge is -2.05. The van der Waals surface area contributed by atoms with E-state index in [2.05, 4.69) is 9.98 Å². The van der Waals surface area contributed by atoms with Crippen LogP contribution in [-0.2, 0) is 17.1 Å². The number of thioether (sulfide) groups is 1. The van der Waals surface area contributed by atoms with E-state index in [0.717, 1.165) is 5.56 Å². The van der Waals surface area contributed by atoms with Gasteiger partial charge in [0.15, 0.2) is 9.76 Å². The van der Waals surface area contributed by atoms with Gasteiger partial charge in [-0.1, -0.05) is 29.8 Å². The maximum atomic E-state index is 12.3. The van der Waals surface area contributed by atoms with Crippen LogP contribution in [-0.4, -0.2) is 25.6 Å². The third-order valence-electron chi connectivity index (χ3n) is 4.01. The Kier molecular flexibility index (Phi) is 6.29. The number of hydrogen-bond acceptors (Lipinski definition) is 6. The molecule has 0 aliphatic carbocycles. The predicted molar refractivity (Wildman–Crippen MR) is 119 cm³/mol. The largest absolute Gasteiger partial charge is 0.319 e. The fourth-order valence-corrected chi connectivity index (χ4v) is 5.04. The summed E-state index contributed by atoms with van der Waals surface area (Å²) in [5, 5.41) is 4.40. The second-order valence-corrected chi connectivity index (χ2v) is 9.18. The van der Waals surface area contributed by atoms with Crippen LogP contribution in [0, 0.1) is 0 Å². The molecule has 0 radical (unpaired) electrons. The zero-order valence-electron chi connectivity index (χ0n) is 15.0. The summed E-state index contributed by atoms with van der Waals surface area (Å²) in [6.07, 6.45) is 3.59. The normalized spacial score (nSPS) is 12.0. The van der Waals surface area contributed by atoms with E-state index in [1.807, 2.05) is 45.8 Å². The molecule has 29 heavy (non-hydrogen) atoms. The van der Waals surface area contributed by atoms with Crippen molar-refractivity contribution in [2.45, 2.75) is 12.3 Å². The number of thiazole rings is 2. The van der Waals surface area contributed by atoms with Crippen molar-refractivity contribution >= 4 is 56.9 Å². The zero-order chi connectivity index (χ0) is 20.2. The van der Waals surface area contributed by atoms with Gasteiger partial charge in [-0.2, -0.15) is 4.99 Å². The van der Waals surface area contributed by atoms with Crippen molar-refractivity contribution in [2.75, 3.05) is 5.75 Å². The highest BCUT2D eigenvalue weighted by Crippen LogP contribution is 2.16. The van der Waals surface area contributed by atoms with E-state index in [1.165, 1.54) is 44.9 Å². The number of carbonyl (C=O) groups excluding carboxylic acids is 1. The predicted octanol–water partition coefficient (Wildman–Crippen LogP) is 3.68. The molecule has 1 aromatic carbocycles. The molecule has 6 nitrogen and oxygen atoms in total. The zero-order valence-corrected chi connectivity index (χ0v) is 18.2. The third-order valence-corrected chi connectivity index (χ3v) is 6.88. The number of rotatable bonds is 6. The maximum absolute atomic E-state index is 12.3.